The summed E-state index contributed by atoms with van der Waals surface area (Å²) in [4.78, 5) is 40.8. The van der Waals surface area contributed by atoms with Crippen LogP contribution in [-0.4, -0.2) is 39.0 Å². The molecule has 1 aromatic carbocycles. The predicted octanol–water partition coefficient (Wildman–Crippen LogP) is 3.78. The van der Waals surface area contributed by atoms with Gasteiger partial charge in [0.15, 0.2) is 18.2 Å². The van der Waals surface area contributed by atoms with Gasteiger partial charge in [0.1, 0.15) is 5.56 Å². The summed E-state index contributed by atoms with van der Waals surface area (Å²) >= 11 is 0. The van der Waals surface area contributed by atoms with Gasteiger partial charge >= 0.3 is 5.97 Å². The summed E-state index contributed by atoms with van der Waals surface area (Å²) < 4.78 is 6.87. The van der Waals surface area contributed by atoms with E-state index in [0.29, 0.717) is 34.7 Å². The van der Waals surface area contributed by atoms with Crippen LogP contribution in [0.5, 0.6) is 0 Å². The summed E-state index contributed by atoms with van der Waals surface area (Å²) in [5.74, 6) is -0.499. The van der Waals surface area contributed by atoms with Gasteiger partial charge in [-0.1, -0.05) is 26.8 Å². The highest BCUT2D eigenvalue weighted by molar-refractivity contribution is 6.00. The summed E-state index contributed by atoms with van der Waals surface area (Å²) in [5, 5.41) is 7.00. The van der Waals surface area contributed by atoms with E-state index in [1.54, 1.807) is 54.2 Å². The van der Waals surface area contributed by atoms with Crippen LogP contribution in [0.3, 0.4) is 0 Å². The minimum atomic E-state index is -0.619. The monoisotopic (exact) mass is 420 g/mol. The Kier molecular flexibility index (Phi) is 6.92. The Labute approximate surface area is 180 Å². The molecule has 31 heavy (non-hydrogen) atoms. The number of carbonyl (C=O) groups excluding carboxylic acids is 3. The highest BCUT2D eigenvalue weighted by Gasteiger charge is 2.23. The van der Waals surface area contributed by atoms with Gasteiger partial charge in [-0.15, -0.1) is 0 Å². The first kappa shape index (κ1) is 21.9. The van der Waals surface area contributed by atoms with Crippen molar-refractivity contribution in [2.45, 2.75) is 33.1 Å². The highest BCUT2D eigenvalue weighted by Crippen LogP contribution is 2.23. The van der Waals surface area contributed by atoms with Crippen molar-refractivity contribution < 1.29 is 19.1 Å². The second-order valence-corrected chi connectivity index (χ2v) is 7.18. The lowest BCUT2D eigenvalue weighted by molar-refractivity contribution is -0.115. The smallest absolute Gasteiger partial charge is 0.342 e. The molecule has 8 nitrogen and oxygen atoms in total. The maximum absolute atomic E-state index is 12.7. The van der Waals surface area contributed by atoms with Crippen molar-refractivity contribution in [1.29, 1.82) is 0 Å². The number of amides is 1. The molecule has 0 unspecified atom stereocenters. The Morgan fingerprint density at radius 2 is 1.84 bits per heavy atom. The number of ether oxygens (including phenoxy) is 1. The molecule has 0 spiro atoms. The molecule has 0 aliphatic heterocycles. The molecule has 0 saturated heterocycles. The molecule has 0 radical (unpaired) electrons. The molecule has 3 rings (SSSR count). The lowest BCUT2D eigenvalue weighted by atomic mass is 10.1. The first-order valence-corrected chi connectivity index (χ1v) is 10.00. The van der Waals surface area contributed by atoms with Crippen LogP contribution in [0.4, 0.5) is 5.69 Å². The number of aromatic nitrogens is 3. The number of hydrogen-bond donors (Lipinski definition) is 1. The maximum atomic E-state index is 12.7. The zero-order valence-electron chi connectivity index (χ0n) is 17.7. The van der Waals surface area contributed by atoms with Gasteiger partial charge in [0.2, 0.25) is 5.91 Å². The van der Waals surface area contributed by atoms with Crippen LogP contribution in [-0.2, 0) is 9.53 Å². The van der Waals surface area contributed by atoms with E-state index in [9.17, 15) is 14.4 Å². The molecule has 0 aliphatic rings. The third-order valence-corrected chi connectivity index (χ3v) is 4.59. The van der Waals surface area contributed by atoms with E-state index in [1.807, 2.05) is 19.9 Å². The Balaban J connectivity index is 1.69. The number of pyridine rings is 1. The van der Waals surface area contributed by atoms with Crippen LogP contribution < -0.4 is 5.32 Å². The van der Waals surface area contributed by atoms with E-state index < -0.39 is 12.6 Å². The standard InChI is InChI=1S/C23H24N4O4/c1-4-21(29)26-17-10-8-16(9-11-17)19(28)14-31-23(30)18-13-25-27(22(18)15(2)3)20-7-5-6-12-24-20/h5-13,15H,4,14H2,1-3H3,(H,26,29). The van der Waals surface area contributed by atoms with Gasteiger partial charge in [-0.25, -0.2) is 14.5 Å². The summed E-state index contributed by atoms with van der Waals surface area (Å²) in [6.45, 7) is 5.24. The van der Waals surface area contributed by atoms with E-state index in [4.69, 9.17) is 4.74 Å². The molecule has 0 fully saturated rings. The number of hydrogen-bond acceptors (Lipinski definition) is 6. The van der Waals surface area contributed by atoms with Gasteiger partial charge in [0, 0.05) is 23.9 Å². The van der Waals surface area contributed by atoms with Crippen molar-refractivity contribution in [2.75, 3.05) is 11.9 Å². The largest absolute Gasteiger partial charge is 0.454 e. The van der Waals surface area contributed by atoms with E-state index in [-0.39, 0.29) is 17.6 Å². The fourth-order valence-corrected chi connectivity index (χ4v) is 3.01. The van der Waals surface area contributed by atoms with Crippen LogP contribution in [0.1, 0.15) is 59.5 Å². The first-order chi connectivity index (χ1) is 14.9. The molecule has 8 heteroatoms. The topological polar surface area (TPSA) is 103 Å². The summed E-state index contributed by atoms with van der Waals surface area (Å²) in [5.41, 5.74) is 1.94. The van der Waals surface area contributed by atoms with Crippen molar-refractivity contribution in [3.63, 3.8) is 0 Å². The zero-order chi connectivity index (χ0) is 22.4. The second-order valence-electron chi connectivity index (χ2n) is 7.18. The van der Waals surface area contributed by atoms with Crippen molar-refractivity contribution in [1.82, 2.24) is 14.8 Å². The highest BCUT2D eigenvalue weighted by atomic mass is 16.5. The number of Topliss-reactive ketones (excluding diaryl/α,β-unsaturated/α-hetero) is 1. The van der Waals surface area contributed by atoms with E-state index >= 15 is 0 Å². The van der Waals surface area contributed by atoms with E-state index in [1.165, 1.54) is 6.20 Å². The minimum absolute atomic E-state index is 0.0198. The maximum Gasteiger partial charge on any atom is 0.342 e. The summed E-state index contributed by atoms with van der Waals surface area (Å²) in [6.07, 6.45) is 3.45. The molecule has 160 valence electrons. The lowest BCUT2D eigenvalue weighted by Crippen LogP contribution is -2.16. The molecular formula is C23H24N4O4. The number of nitrogens with zero attached hydrogens (tertiary/aromatic N) is 3. The molecule has 0 atom stereocenters. The fourth-order valence-electron chi connectivity index (χ4n) is 3.01. The van der Waals surface area contributed by atoms with Gasteiger partial charge in [-0.2, -0.15) is 5.10 Å². The summed E-state index contributed by atoms with van der Waals surface area (Å²) in [7, 11) is 0. The van der Waals surface area contributed by atoms with E-state index in [0.717, 1.165) is 0 Å². The molecule has 0 bridgehead atoms. The molecule has 2 heterocycles. The van der Waals surface area contributed by atoms with Crippen molar-refractivity contribution in [3.8, 4) is 5.82 Å². The van der Waals surface area contributed by atoms with Crippen LogP contribution >= 0.6 is 0 Å². The Morgan fingerprint density at radius 1 is 1.10 bits per heavy atom. The van der Waals surface area contributed by atoms with Crippen LogP contribution in [0.2, 0.25) is 0 Å². The molecule has 1 N–H and O–H groups in total. The average Bonchev–Trinajstić information content (AvgIpc) is 3.24. The van der Waals surface area contributed by atoms with Gasteiger partial charge < -0.3 is 10.1 Å². The van der Waals surface area contributed by atoms with Gasteiger partial charge in [-0.3, -0.25) is 9.59 Å². The van der Waals surface area contributed by atoms with Gasteiger partial charge in [0.25, 0.3) is 0 Å². The van der Waals surface area contributed by atoms with Gasteiger partial charge in [-0.05, 0) is 42.3 Å². The lowest BCUT2D eigenvalue weighted by Gasteiger charge is -2.12. The molecule has 0 saturated carbocycles. The molecule has 1 amide bonds. The number of anilines is 1. The fraction of sp³-hybridized carbons (Fsp3) is 0.261. The van der Waals surface area contributed by atoms with Gasteiger partial charge in [0.05, 0.1) is 11.9 Å². The average molecular weight is 420 g/mol. The molecule has 2 aromatic heterocycles. The number of ketones is 1. The van der Waals surface area contributed by atoms with E-state index in [2.05, 4.69) is 15.4 Å². The molecule has 0 aliphatic carbocycles. The number of rotatable bonds is 8. The predicted molar refractivity (Wildman–Crippen MR) is 115 cm³/mol. The Bertz CT molecular complexity index is 1070. The number of esters is 1. The third kappa shape index (κ3) is 5.22. The Morgan fingerprint density at radius 3 is 2.45 bits per heavy atom. The number of benzene rings is 1. The third-order valence-electron chi connectivity index (χ3n) is 4.59. The minimum Gasteiger partial charge on any atom is -0.454 e. The molecular weight excluding hydrogens is 396 g/mol. The quantitative estimate of drug-likeness (QED) is 0.439. The van der Waals surface area contributed by atoms with Crippen molar-refractivity contribution >= 4 is 23.3 Å². The molecule has 3 aromatic rings. The zero-order valence-corrected chi connectivity index (χ0v) is 17.7. The summed E-state index contributed by atoms with van der Waals surface area (Å²) in [6, 6.07) is 11.9. The van der Waals surface area contributed by atoms with Crippen LogP contribution in [0, 0.1) is 0 Å². The normalized spacial score (nSPS) is 10.7. The first-order valence-electron chi connectivity index (χ1n) is 10.00. The van der Waals surface area contributed by atoms with Crippen LogP contribution in [0.25, 0.3) is 5.82 Å². The number of carbonyl (C=O) groups is 3. The number of nitrogens with one attached hydrogen (secondary N) is 1. The SMILES string of the molecule is CCC(=O)Nc1ccc(C(=O)COC(=O)c2cnn(-c3ccccn3)c2C(C)C)cc1. The second kappa shape index (κ2) is 9.80. The van der Waals surface area contributed by atoms with Crippen molar-refractivity contribution in [3.05, 3.63) is 71.7 Å². The van der Waals surface area contributed by atoms with Crippen molar-refractivity contribution in [2.24, 2.45) is 0 Å². The van der Waals surface area contributed by atoms with Crippen LogP contribution in [0.15, 0.2) is 54.9 Å². The Hall–Kier alpha value is -3.81.